The Morgan fingerprint density at radius 1 is 1.15 bits per heavy atom. The van der Waals surface area contributed by atoms with Gasteiger partial charge in [-0.15, -0.1) is 0 Å². The van der Waals surface area contributed by atoms with E-state index in [2.05, 4.69) is 42.5 Å². The number of carboxylic acids is 1. The van der Waals surface area contributed by atoms with Crippen molar-refractivity contribution in [1.29, 1.82) is 0 Å². The molecule has 26 heavy (non-hydrogen) atoms. The Morgan fingerprint density at radius 3 is 2.62 bits per heavy atom. The minimum atomic E-state index is -0.711. The van der Waals surface area contributed by atoms with Crippen LogP contribution in [0.5, 0.6) is 5.75 Å². The van der Waals surface area contributed by atoms with E-state index in [0.29, 0.717) is 17.8 Å². The molecule has 0 aliphatic heterocycles. The van der Waals surface area contributed by atoms with Gasteiger partial charge in [-0.2, -0.15) is 0 Å². The molecule has 2 aliphatic rings. The molecule has 4 atom stereocenters. The van der Waals surface area contributed by atoms with E-state index in [-0.39, 0.29) is 11.8 Å². The standard InChI is InChI=1S/C23H26O3/c1-15(23(24)25)22(17-10-11-17)18-8-5-9-20(12-18)26-14-19-13-21(19)16-6-3-2-4-7-16/h2-9,12,15,17,19,21-22H,10-11,13-14H2,1H3,(H,24,25). The Kier molecular flexibility index (Phi) is 4.71. The van der Waals surface area contributed by atoms with E-state index in [1.807, 2.05) is 19.1 Å². The van der Waals surface area contributed by atoms with Crippen LogP contribution < -0.4 is 4.74 Å². The molecule has 0 bridgehead atoms. The summed E-state index contributed by atoms with van der Waals surface area (Å²) in [6, 6.07) is 18.7. The predicted octanol–water partition coefficient (Wildman–Crippen LogP) is 5.08. The Balaban J connectivity index is 1.39. The molecule has 0 heterocycles. The van der Waals surface area contributed by atoms with Gasteiger partial charge in [0.05, 0.1) is 12.5 Å². The maximum atomic E-state index is 11.5. The summed E-state index contributed by atoms with van der Waals surface area (Å²) in [5, 5.41) is 9.45. The summed E-state index contributed by atoms with van der Waals surface area (Å²) < 4.78 is 6.07. The van der Waals surface area contributed by atoms with Crippen LogP contribution in [0.3, 0.4) is 0 Å². The fraction of sp³-hybridized carbons (Fsp3) is 0.435. The smallest absolute Gasteiger partial charge is 0.306 e. The number of rotatable bonds is 8. The molecule has 136 valence electrons. The summed E-state index contributed by atoms with van der Waals surface area (Å²) in [4.78, 5) is 11.5. The Hall–Kier alpha value is -2.29. The average Bonchev–Trinajstić information content (AvgIpc) is 3.56. The van der Waals surface area contributed by atoms with Crippen LogP contribution in [0.25, 0.3) is 0 Å². The van der Waals surface area contributed by atoms with Crippen LogP contribution in [-0.2, 0) is 4.79 Å². The highest BCUT2D eigenvalue weighted by molar-refractivity contribution is 5.71. The van der Waals surface area contributed by atoms with Gasteiger partial charge >= 0.3 is 5.97 Å². The van der Waals surface area contributed by atoms with Crippen molar-refractivity contribution < 1.29 is 14.6 Å². The lowest BCUT2D eigenvalue weighted by Gasteiger charge is -2.21. The number of ether oxygens (including phenoxy) is 1. The molecule has 3 nitrogen and oxygen atoms in total. The summed E-state index contributed by atoms with van der Waals surface area (Å²) >= 11 is 0. The van der Waals surface area contributed by atoms with Crippen molar-refractivity contribution in [2.24, 2.45) is 17.8 Å². The molecule has 4 unspecified atom stereocenters. The second-order valence-corrected chi connectivity index (χ2v) is 7.89. The zero-order valence-electron chi connectivity index (χ0n) is 15.2. The summed E-state index contributed by atoms with van der Waals surface area (Å²) in [7, 11) is 0. The molecule has 2 saturated carbocycles. The molecule has 0 aromatic heterocycles. The lowest BCUT2D eigenvalue weighted by molar-refractivity contribution is -0.142. The molecule has 2 aromatic carbocycles. The molecule has 4 rings (SSSR count). The fourth-order valence-electron chi connectivity index (χ4n) is 4.13. The first-order valence-electron chi connectivity index (χ1n) is 9.64. The first kappa shape index (κ1) is 17.1. The van der Waals surface area contributed by atoms with Crippen molar-refractivity contribution in [3.63, 3.8) is 0 Å². The van der Waals surface area contributed by atoms with Crippen molar-refractivity contribution in [2.45, 2.75) is 38.0 Å². The van der Waals surface area contributed by atoms with Crippen LogP contribution in [0.1, 0.15) is 49.1 Å². The Morgan fingerprint density at radius 2 is 1.92 bits per heavy atom. The summed E-state index contributed by atoms with van der Waals surface area (Å²) in [6.07, 6.45) is 3.45. The highest BCUT2D eigenvalue weighted by Gasteiger charge is 2.40. The molecule has 0 amide bonds. The van der Waals surface area contributed by atoms with Gasteiger partial charge in [0.1, 0.15) is 5.75 Å². The quantitative estimate of drug-likeness (QED) is 0.722. The maximum absolute atomic E-state index is 11.5. The topological polar surface area (TPSA) is 46.5 Å². The van der Waals surface area contributed by atoms with Gasteiger partial charge in [-0.1, -0.05) is 49.4 Å². The van der Waals surface area contributed by atoms with Crippen LogP contribution in [0.2, 0.25) is 0 Å². The van der Waals surface area contributed by atoms with Gasteiger partial charge < -0.3 is 9.84 Å². The summed E-state index contributed by atoms with van der Waals surface area (Å²) in [5.74, 6) is 1.59. The second-order valence-electron chi connectivity index (χ2n) is 7.89. The maximum Gasteiger partial charge on any atom is 0.306 e. The minimum Gasteiger partial charge on any atom is -0.493 e. The highest BCUT2D eigenvalue weighted by Crippen LogP contribution is 2.48. The largest absolute Gasteiger partial charge is 0.493 e. The summed E-state index contributed by atoms with van der Waals surface area (Å²) in [6.45, 7) is 2.55. The van der Waals surface area contributed by atoms with Gasteiger partial charge in [0.2, 0.25) is 0 Å². The first-order chi connectivity index (χ1) is 12.6. The van der Waals surface area contributed by atoms with E-state index in [1.54, 1.807) is 0 Å². The third-order valence-corrected chi connectivity index (χ3v) is 5.92. The van der Waals surface area contributed by atoms with Gasteiger partial charge in [0.15, 0.2) is 0 Å². The third-order valence-electron chi connectivity index (χ3n) is 5.92. The van der Waals surface area contributed by atoms with Crippen molar-refractivity contribution in [3.8, 4) is 5.75 Å². The molecule has 0 saturated heterocycles. The van der Waals surface area contributed by atoms with E-state index < -0.39 is 5.97 Å². The summed E-state index contributed by atoms with van der Waals surface area (Å²) in [5.41, 5.74) is 2.51. The minimum absolute atomic E-state index is 0.0917. The predicted molar refractivity (Wildman–Crippen MR) is 101 cm³/mol. The van der Waals surface area contributed by atoms with Crippen LogP contribution in [0.4, 0.5) is 0 Å². The van der Waals surface area contributed by atoms with Crippen molar-refractivity contribution in [3.05, 3.63) is 65.7 Å². The normalized spacial score (nSPS) is 23.9. The van der Waals surface area contributed by atoms with E-state index in [0.717, 1.165) is 30.8 Å². The van der Waals surface area contributed by atoms with Gasteiger partial charge in [0.25, 0.3) is 0 Å². The zero-order chi connectivity index (χ0) is 18.1. The van der Waals surface area contributed by atoms with Crippen LogP contribution in [0, 0.1) is 17.8 Å². The molecule has 3 heteroatoms. The molecule has 0 spiro atoms. The lowest BCUT2D eigenvalue weighted by atomic mass is 9.83. The van der Waals surface area contributed by atoms with Crippen LogP contribution >= 0.6 is 0 Å². The van der Waals surface area contributed by atoms with Crippen LogP contribution in [-0.4, -0.2) is 17.7 Å². The fourth-order valence-corrected chi connectivity index (χ4v) is 4.13. The van der Waals surface area contributed by atoms with E-state index in [1.165, 1.54) is 12.0 Å². The third kappa shape index (κ3) is 3.77. The van der Waals surface area contributed by atoms with Crippen LogP contribution in [0.15, 0.2) is 54.6 Å². The average molecular weight is 350 g/mol. The zero-order valence-corrected chi connectivity index (χ0v) is 15.2. The van der Waals surface area contributed by atoms with Gasteiger partial charge in [-0.25, -0.2) is 0 Å². The first-order valence-corrected chi connectivity index (χ1v) is 9.64. The molecular weight excluding hydrogens is 324 g/mol. The molecule has 1 N–H and O–H groups in total. The molecule has 2 aromatic rings. The van der Waals surface area contributed by atoms with Gasteiger partial charge in [-0.3, -0.25) is 4.79 Å². The number of hydrogen-bond donors (Lipinski definition) is 1. The van der Waals surface area contributed by atoms with Gasteiger partial charge in [0, 0.05) is 5.92 Å². The number of carbonyl (C=O) groups is 1. The monoisotopic (exact) mass is 350 g/mol. The van der Waals surface area contributed by atoms with Crippen molar-refractivity contribution >= 4 is 5.97 Å². The highest BCUT2D eigenvalue weighted by atomic mass is 16.5. The number of hydrogen-bond acceptors (Lipinski definition) is 2. The number of aliphatic carboxylic acids is 1. The molecular formula is C23H26O3. The van der Waals surface area contributed by atoms with E-state index in [4.69, 9.17) is 4.74 Å². The second kappa shape index (κ2) is 7.14. The number of carboxylic acid groups (broad SMARTS) is 1. The molecule has 2 aliphatic carbocycles. The van der Waals surface area contributed by atoms with Crippen molar-refractivity contribution in [1.82, 2.24) is 0 Å². The lowest BCUT2D eigenvalue weighted by Crippen LogP contribution is -2.20. The SMILES string of the molecule is CC(C(=O)O)C(c1cccc(OCC2CC2c2ccccc2)c1)C1CC1. The Labute approximate surface area is 155 Å². The number of benzene rings is 2. The Bertz CT molecular complexity index is 766. The van der Waals surface area contributed by atoms with E-state index in [9.17, 15) is 9.90 Å². The molecule has 0 radical (unpaired) electrons. The van der Waals surface area contributed by atoms with Gasteiger partial charge in [-0.05, 0) is 60.3 Å². The van der Waals surface area contributed by atoms with Crippen molar-refractivity contribution in [2.75, 3.05) is 6.61 Å². The van der Waals surface area contributed by atoms with E-state index >= 15 is 0 Å². The molecule has 2 fully saturated rings.